The molecule has 238 valence electrons. The minimum Gasteiger partial charge on any atom is -0.494 e. The first kappa shape index (κ1) is 32.5. The van der Waals surface area contributed by atoms with Gasteiger partial charge in [-0.2, -0.15) is 0 Å². The molecule has 10 nitrogen and oxygen atoms in total. The van der Waals surface area contributed by atoms with E-state index in [0.29, 0.717) is 36.0 Å². The third kappa shape index (κ3) is 6.75. The van der Waals surface area contributed by atoms with E-state index in [4.69, 9.17) is 20.9 Å². The summed E-state index contributed by atoms with van der Waals surface area (Å²) < 4.78 is 13.7. The van der Waals surface area contributed by atoms with E-state index < -0.39 is 11.8 Å². The number of hydrogen-bond acceptors (Lipinski definition) is 8. The molecule has 4 rings (SSSR count). The molecule has 2 aliphatic heterocycles. The van der Waals surface area contributed by atoms with Crippen molar-refractivity contribution in [2.24, 2.45) is 5.92 Å². The fourth-order valence-electron chi connectivity index (χ4n) is 6.55. The summed E-state index contributed by atoms with van der Waals surface area (Å²) in [5.74, 6) is 1.74. The summed E-state index contributed by atoms with van der Waals surface area (Å²) in [6.45, 7) is 14.7. The number of hydrogen-bond donors (Lipinski definition) is 3. The number of likely N-dealkylation sites (tertiary alicyclic amines) is 2. The summed E-state index contributed by atoms with van der Waals surface area (Å²) in [6, 6.07) is 5.79. The van der Waals surface area contributed by atoms with Gasteiger partial charge in [-0.25, -0.2) is 4.79 Å². The van der Waals surface area contributed by atoms with Crippen LogP contribution in [0.3, 0.4) is 0 Å². The molecule has 5 N–H and O–H groups in total. The third-order valence-corrected chi connectivity index (χ3v) is 8.93. The lowest BCUT2D eigenvalue weighted by molar-refractivity contribution is -0.0413. The number of carbonyl (C=O) groups excluding carboxylic acids is 1. The number of methoxy groups -OCH3 is 1. The van der Waals surface area contributed by atoms with Crippen molar-refractivity contribution in [3.8, 4) is 5.75 Å². The molecule has 0 bridgehead atoms. The van der Waals surface area contributed by atoms with E-state index in [9.17, 15) is 9.90 Å². The second-order valence-electron chi connectivity index (χ2n) is 12.9. The molecular formula is C33H52N6O4. The predicted octanol–water partition coefficient (Wildman–Crippen LogP) is 5.62. The summed E-state index contributed by atoms with van der Waals surface area (Å²) in [5.41, 5.74) is 16.7. The molecule has 2 aliphatic rings. The number of carbonyl (C=O) groups is 1. The Morgan fingerprint density at radius 2 is 1.88 bits per heavy atom. The number of nitrogens with two attached hydrogens (primary N) is 2. The molecule has 0 aliphatic carbocycles. The smallest absolute Gasteiger partial charge is 0.410 e. The summed E-state index contributed by atoms with van der Waals surface area (Å²) in [5, 5.41) is 11.6. The highest BCUT2D eigenvalue weighted by Crippen LogP contribution is 2.42. The zero-order chi connectivity index (χ0) is 31.6. The first-order valence-corrected chi connectivity index (χ1v) is 15.6. The zero-order valence-electron chi connectivity index (χ0n) is 27.3. The van der Waals surface area contributed by atoms with Gasteiger partial charge >= 0.3 is 6.09 Å². The maximum atomic E-state index is 12.9. The van der Waals surface area contributed by atoms with Crippen molar-refractivity contribution in [3.05, 3.63) is 41.1 Å². The minimum atomic E-state index is -0.889. The fourth-order valence-corrected chi connectivity index (χ4v) is 6.55. The van der Waals surface area contributed by atoms with Gasteiger partial charge in [0.15, 0.2) is 0 Å². The van der Waals surface area contributed by atoms with Crippen LogP contribution in [-0.2, 0) is 11.3 Å². The van der Waals surface area contributed by atoms with Crippen molar-refractivity contribution in [1.82, 2.24) is 14.4 Å². The van der Waals surface area contributed by atoms with Gasteiger partial charge in [-0.3, -0.25) is 4.90 Å². The number of nitrogen functional groups attached to an aromatic ring is 2. The Kier molecular flexibility index (Phi) is 9.91. The van der Waals surface area contributed by atoms with Crippen LogP contribution in [0.15, 0.2) is 24.3 Å². The lowest BCUT2D eigenvalue weighted by Crippen LogP contribution is -2.51. The number of ether oxygens (including phenoxy) is 2. The maximum absolute atomic E-state index is 12.9. The first-order valence-electron chi connectivity index (χ1n) is 15.6. The van der Waals surface area contributed by atoms with Gasteiger partial charge in [0.05, 0.1) is 24.9 Å². The van der Waals surface area contributed by atoms with Crippen LogP contribution in [0.5, 0.6) is 5.75 Å². The van der Waals surface area contributed by atoms with E-state index >= 15 is 0 Å². The summed E-state index contributed by atoms with van der Waals surface area (Å²) >= 11 is 0. The van der Waals surface area contributed by atoms with Gasteiger partial charge in [-0.1, -0.05) is 19.1 Å². The van der Waals surface area contributed by atoms with Gasteiger partial charge in [-0.15, -0.1) is 0 Å². The summed E-state index contributed by atoms with van der Waals surface area (Å²) in [7, 11) is 3.62. The van der Waals surface area contributed by atoms with Crippen LogP contribution >= 0.6 is 0 Å². The van der Waals surface area contributed by atoms with Gasteiger partial charge in [0.25, 0.3) is 0 Å². The number of aliphatic hydroxyl groups is 1. The maximum Gasteiger partial charge on any atom is 0.410 e. The van der Waals surface area contributed by atoms with Crippen LogP contribution in [0.4, 0.5) is 22.0 Å². The van der Waals surface area contributed by atoms with E-state index in [1.807, 2.05) is 49.8 Å². The standard InChI is InChI=1S/C33H52N6O4/c1-9-11-12-23-18-26(38(10-2)30(23)35)21(3)36(7)29-25(34)17-24(19-28(29)42-8)31(40)37-15-13-22-14-16-39(27(22)20-37)32(41)43-33(4,5)6/h11-12,17-19,21-22,27,31,40H,9-10,13-16,20,34-35H2,1-8H3/b12-11-/t21?,22-,27-,31?/m1/s1. The summed E-state index contributed by atoms with van der Waals surface area (Å²) in [4.78, 5) is 18.9. The zero-order valence-corrected chi connectivity index (χ0v) is 27.3. The molecule has 10 heteroatoms. The number of amides is 1. The lowest BCUT2D eigenvalue weighted by atomic mass is 9.91. The molecule has 2 fully saturated rings. The molecule has 43 heavy (non-hydrogen) atoms. The number of rotatable bonds is 9. The summed E-state index contributed by atoms with van der Waals surface area (Å²) in [6.07, 6.45) is 5.81. The molecule has 1 amide bonds. The number of aliphatic hydroxyl groups excluding tert-OH is 1. The minimum absolute atomic E-state index is 0.00283. The normalized spacial score (nSPS) is 20.7. The fraction of sp³-hybridized carbons (Fsp3) is 0.606. The Balaban J connectivity index is 1.56. The SMILES string of the molecule is CC/C=C\c1cc(C(C)N(C)c2c(N)cc(C(O)N3CC[C@@H]4CCN(C(=O)OC(C)(C)C)[C@@H]4C3)cc2OC)n(CC)c1N. The van der Waals surface area contributed by atoms with Crippen molar-refractivity contribution < 1.29 is 19.4 Å². The van der Waals surface area contributed by atoms with Crippen molar-refractivity contribution in [2.45, 2.75) is 91.3 Å². The molecule has 2 saturated heterocycles. The highest BCUT2D eigenvalue weighted by Gasteiger charge is 2.43. The number of piperidine rings is 1. The molecule has 2 unspecified atom stereocenters. The van der Waals surface area contributed by atoms with Crippen LogP contribution in [0, 0.1) is 5.92 Å². The highest BCUT2D eigenvalue weighted by molar-refractivity contribution is 5.77. The largest absolute Gasteiger partial charge is 0.494 e. The van der Waals surface area contributed by atoms with Gasteiger partial charge < -0.3 is 40.4 Å². The second-order valence-corrected chi connectivity index (χ2v) is 12.9. The number of benzene rings is 1. The number of anilines is 3. The third-order valence-electron chi connectivity index (χ3n) is 8.93. The number of aromatic nitrogens is 1. The van der Waals surface area contributed by atoms with Gasteiger partial charge in [0.2, 0.25) is 0 Å². The average Bonchev–Trinajstić information content (AvgIpc) is 3.53. The van der Waals surface area contributed by atoms with Crippen LogP contribution in [0.25, 0.3) is 6.08 Å². The Bertz CT molecular complexity index is 1320. The Labute approximate surface area is 257 Å². The van der Waals surface area contributed by atoms with Crippen molar-refractivity contribution in [1.29, 1.82) is 0 Å². The van der Waals surface area contributed by atoms with Crippen LogP contribution in [0.1, 0.15) is 89.9 Å². The Morgan fingerprint density at radius 1 is 1.19 bits per heavy atom. The van der Waals surface area contributed by atoms with Gasteiger partial charge in [0.1, 0.15) is 29.1 Å². The van der Waals surface area contributed by atoms with Gasteiger partial charge in [0, 0.05) is 50.0 Å². The average molecular weight is 597 g/mol. The topological polar surface area (TPSA) is 122 Å². The quantitative estimate of drug-likeness (QED) is 0.319. The van der Waals surface area contributed by atoms with Gasteiger partial charge in [-0.05, 0) is 78.0 Å². The van der Waals surface area contributed by atoms with E-state index in [1.165, 1.54) is 0 Å². The number of fused-ring (bicyclic) bond motifs is 1. The Morgan fingerprint density at radius 3 is 2.51 bits per heavy atom. The molecular weight excluding hydrogens is 544 g/mol. The predicted molar refractivity (Wildman–Crippen MR) is 174 cm³/mol. The second kappa shape index (κ2) is 13.1. The van der Waals surface area contributed by atoms with E-state index in [0.717, 1.165) is 55.1 Å². The molecule has 1 aromatic carbocycles. The molecule has 1 aromatic heterocycles. The number of allylic oxidation sites excluding steroid dienone is 1. The van der Waals surface area contributed by atoms with Crippen LogP contribution < -0.4 is 21.1 Å². The van der Waals surface area contributed by atoms with E-state index in [1.54, 1.807) is 7.11 Å². The first-order chi connectivity index (χ1) is 20.3. The van der Waals surface area contributed by atoms with Crippen molar-refractivity contribution in [3.63, 3.8) is 0 Å². The lowest BCUT2D eigenvalue weighted by Gasteiger charge is -2.41. The molecule has 0 saturated carbocycles. The van der Waals surface area contributed by atoms with E-state index in [-0.39, 0.29) is 18.2 Å². The Hall–Kier alpha value is -3.37. The monoisotopic (exact) mass is 596 g/mol. The van der Waals surface area contributed by atoms with Crippen LogP contribution in [0.2, 0.25) is 0 Å². The molecule has 0 radical (unpaired) electrons. The molecule has 4 atom stereocenters. The highest BCUT2D eigenvalue weighted by atomic mass is 16.6. The van der Waals surface area contributed by atoms with E-state index in [2.05, 4.69) is 48.5 Å². The molecule has 0 spiro atoms. The van der Waals surface area contributed by atoms with Crippen molar-refractivity contribution in [2.75, 3.05) is 50.2 Å². The van der Waals surface area contributed by atoms with Crippen LogP contribution in [-0.4, -0.2) is 71.0 Å². The molecule has 3 heterocycles. The molecule has 2 aromatic rings. The number of nitrogens with zero attached hydrogens (tertiary/aromatic N) is 4. The van der Waals surface area contributed by atoms with Crippen molar-refractivity contribution >= 4 is 29.4 Å².